The van der Waals surface area contributed by atoms with E-state index in [1.165, 1.54) is 25.3 Å². The lowest BCUT2D eigenvalue weighted by molar-refractivity contribution is -0.135. The van der Waals surface area contributed by atoms with Gasteiger partial charge in [0.15, 0.2) is 0 Å². The number of aromatic carboxylic acids is 1. The Morgan fingerprint density at radius 2 is 2.06 bits per heavy atom. The van der Waals surface area contributed by atoms with Gasteiger partial charge in [0, 0.05) is 0 Å². The Balaban J connectivity index is 3.10. The molecular formula is C12H12O5. The number of carboxylic acids is 2. The van der Waals surface area contributed by atoms with Crippen LogP contribution < -0.4 is 4.74 Å². The fourth-order valence-corrected chi connectivity index (χ4v) is 1.37. The van der Waals surface area contributed by atoms with E-state index >= 15 is 0 Å². The van der Waals surface area contributed by atoms with Gasteiger partial charge in [0.1, 0.15) is 11.3 Å². The second-order valence-corrected chi connectivity index (χ2v) is 3.23. The Morgan fingerprint density at radius 1 is 1.35 bits per heavy atom. The van der Waals surface area contributed by atoms with Gasteiger partial charge in [-0.1, -0.05) is 24.3 Å². The zero-order valence-corrected chi connectivity index (χ0v) is 9.21. The third-order valence-corrected chi connectivity index (χ3v) is 2.08. The fraction of sp³-hybridized carbons (Fsp3) is 0.167. The van der Waals surface area contributed by atoms with Crippen LogP contribution in [0.4, 0.5) is 0 Å². The number of hydrogen-bond donors (Lipinski definition) is 2. The Morgan fingerprint density at radius 3 is 2.59 bits per heavy atom. The van der Waals surface area contributed by atoms with Crippen molar-refractivity contribution in [1.29, 1.82) is 0 Å². The summed E-state index contributed by atoms with van der Waals surface area (Å²) in [4.78, 5) is 21.4. The molecule has 0 fully saturated rings. The van der Waals surface area contributed by atoms with E-state index in [1.807, 2.05) is 0 Å². The SMILES string of the molecule is COc1cccc(C=CCC(=O)O)c1C(=O)O. The molecule has 0 amide bonds. The number of ether oxygens (including phenoxy) is 1. The molecule has 1 aromatic rings. The van der Waals surface area contributed by atoms with Crippen molar-refractivity contribution in [3.8, 4) is 5.75 Å². The first kappa shape index (κ1) is 12.8. The summed E-state index contributed by atoms with van der Waals surface area (Å²) < 4.78 is 4.94. The van der Waals surface area contributed by atoms with Crippen LogP contribution >= 0.6 is 0 Å². The molecular weight excluding hydrogens is 224 g/mol. The Bertz CT molecular complexity index is 462. The van der Waals surface area contributed by atoms with E-state index in [0.29, 0.717) is 5.56 Å². The lowest BCUT2D eigenvalue weighted by Gasteiger charge is -2.07. The average molecular weight is 236 g/mol. The van der Waals surface area contributed by atoms with Crippen molar-refractivity contribution >= 4 is 18.0 Å². The lowest BCUT2D eigenvalue weighted by Crippen LogP contribution is -2.03. The third kappa shape index (κ3) is 3.34. The van der Waals surface area contributed by atoms with Gasteiger partial charge in [0.2, 0.25) is 0 Å². The van der Waals surface area contributed by atoms with E-state index < -0.39 is 11.9 Å². The quantitative estimate of drug-likeness (QED) is 0.815. The Kier molecular flexibility index (Phi) is 4.28. The molecule has 1 aromatic carbocycles. The molecule has 0 bridgehead atoms. The fourth-order valence-electron chi connectivity index (χ4n) is 1.37. The van der Waals surface area contributed by atoms with Crippen LogP contribution in [0.1, 0.15) is 22.3 Å². The lowest BCUT2D eigenvalue weighted by atomic mass is 10.1. The predicted octanol–water partition coefficient (Wildman–Crippen LogP) is 1.88. The van der Waals surface area contributed by atoms with Crippen LogP contribution in [-0.4, -0.2) is 29.3 Å². The molecule has 0 aliphatic carbocycles. The first-order valence-electron chi connectivity index (χ1n) is 4.85. The molecule has 0 aromatic heterocycles. The van der Waals surface area contributed by atoms with E-state index in [1.54, 1.807) is 12.1 Å². The van der Waals surface area contributed by atoms with Crippen molar-refractivity contribution < 1.29 is 24.5 Å². The summed E-state index contributed by atoms with van der Waals surface area (Å²) in [7, 11) is 1.38. The van der Waals surface area contributed by atoms with Crippen LogP contribution in [-0.2, 0) is 4.79 Å². The molecule has 0 radical (unpaired) electrons. The number of rotatable bonds is 5. The van der Waals surface area contributed by atoms with Gasteiger partial charge in [-0.15, -0.1) is 0 Å². The summed E-state index contributed by atoms with van der Waals surface area (Å²) in [5.41, 5.74) is 0.440. The molecule has 0 heterocycles. The number of methoxy groups -OCH3 is 1. The molecule has 0 unspecified atom stereocenters. The monoisotopic (exact) mass is 236 g/mol. The van der Waals surface area contributed by atoms with Crippen molar-refractivity contribution in [3.63, 3.8) is 0 Å². The van der Waals surface area contributed by atoms with Gasteiger partial charge in [0.25, 0.3) is 0 Å². The molecule has 5 heteroatoms. The van der Waals surface area contributed by atoms with Gasteiger partial charge < -0.3 is 14.9 Å². The highest BCUT2D eigenvalue weighted by atomic mass is 16.5. The van der Waals surface area contributed by atoms with Crippen molar-refractivity contribution in [2.24, 2.45) is 0 Å². The van der Waals surface area contributed by atoms with Gasteiger partial charge in [0.05, 0.1) is 13.5 Å². The van der Waals surface area contributed by atoms with Crippen LogP contribution in [0.5, 0.6) is 5.75 Å². The topological polar surface area (TPSA) is 83.8 Å². The number of benzene rings is 1. The van der Waals surface area contributed by atoms with Gasteiger partial charge in [-0.2, -0.15) is 0 Å². The number of carbonyl (C=O) groups is 2. The van der Waals surface area contributed by atoms with Crippen molar-refractivity contribution in [1.82, 2.24) is 0 Å². The van der Waals surface area contributed by atoms with Crippen LogP contribution in [0.15, 0.2) is 24.3 Å². The van der Waals surface area contributed by atoms with E-state index in [2.05, 4.69) is 0 Å². The van der Waals surface area contributed by atoms with Gasteiger partial charge >= 0.3 is 11.9 Å². The van der Waals surface area contributed by atoms with E-state index in [0.717, 1.165) is 0 Å². The minimum absolute atomic E-state index is 0.0247. The minimum Gasteiger partial charge on any atom is -0.496 e. The largest absolute Gasteiger partial charge is 0.496 e. The summed E-state index contributed by atoms with van der Waals surface area (Å²) in [5, 5.41) is 17.5. The molecule has 0 saturated carbocycles. The number of aliphatic carboxylic acids is 1. The molecule has 0 aliphatic rings. The summed E-state index contributed by atoms with van der Waals surface area (Å²) in [6.45, 7) is 0. The predicted molar refractivity (Wildman–Crippen MR) is 61.2 cm³/mol. The zero-order chi connectivity index (χ0) is 12.8. The third-order valence-electron chi connectivity index (χ3n) is 2.08. The molecule has 17 heavy (non-hydrogen) atoms. The van der Waals surface area contributed by atoms with Crippen LogP contribution in [0.2, 0.25) is 0 Å². The highest BCUT2D eigenvalue weighted by molar-refractivity contribution is 5.95. The molecule has 5 nitrogen and oxygen atoms in total. The molecule has 0 atom stereocenters. The maximum Gasteiger partial charge on any atom is 0.340 e. The first-order chi connectivity index (χ1) is 8.06. The Labute approximate surface area is 98.0 Å². The standard InChI is InChI=1S/C12H12O5/c1-17-9-6-2-4-8(11(9)12(15)16)5-3-7-10(13)14/h2-6H,7H2,1H3,(H,13,14)(H,15,16). The summed E-state index contributed by atoms with van der Waals surface area (Å²) in [6.07, 6.45) is 2.69. The molecule has 1 rings (SSSR count). The van der Waals surface area contributed by atoms with Gasteiger partial charge in [-0.25, -0.2) is 4.79 Å². The maximum atomic E-state index is 11.1. The van der Waals surface area contributed by atoms with Crippen LogP contribution in [0, 0.1) is 0 Å². The van der Waals surface area contributed by atoms with Gasteiger partial charge in [-0.05, 0) is 11.6 Å². The number of carboxylic acid groups (broad SMARTS) is 2. The van der Waals surface area contributed by atoms with Crippen LogP contribution in [0.25, 0.3) is 6.08 Å². The zero-order valence-electron chi connectivity index (χ0n) is 9.21. The molecule has 0 saturated heterocycles. The first-order valence-corrected chi connectivity index (χ1v) is 4.85. The van der Waals surface area contributed by atoms with E-state index in [9.17, 15) is 9.59 Å². The molecule has 0 spiro atoms. The highest BCUT2D eigenvalue weighted by Gasteiger charge is 2.14. The van der Waals surface area contributed by atoms with E-state index in [4.69, 9.17) is 14.9 Å². The molecule has 0 aliphatic heterocycles. The highest BCUT2D eigenvalue weighted by Crippen LogP contribution is 2.23. The smallest absolute Gasteiger partial charge is 0.340 e. The number of hydrogen-bond acceptors (Lipinski definition) is 3. The van der Waals surface area contributed by atoms with E-state index in [-0.39, 0.29) is 17.7 Å². The second kappa shape index (κ2) is 5.69. The van der Waals surface area contributed by atoms with Crippen LogP contribution in [0.3, 0.4) is 0 Å². The summed E-state index contributed by atoms with van der Waals surface area (Å²) in [5.74, 6) is -1.84. The van der Waals surface area contributed by atoms with Gasteiger partial charge in [-0.3, -0.25) is 4.79 Å². The molecule has 90 valence electrons. The second-order valence-electron chi connectivity index (χ2n) is 3.23. The van der Waals surface area contributed by atoms with Crippen molar-refractivity contribution in [2.45, 2.75) is 6.42 Å². The molecule has 2 N–H and O–H groups in total. The Hall–Kier alpha value is -2.30. The minimum atomic E-state index is -1.11. The summed E-state index contributed by atoms with van der Waals surface area (Å²) >= 11 is 0. The van der Waals surface area contributed by atoms with Crippen molar-refractivity contribution in [3.05, 3.63) is 35.4 Å². The maximum absolute atomic E-state index is 11.1. The van der Waals surface area contributed by atoms with Crippen molar-refractivity contribution in [2.75, 3.05) is 7.11 Å². The summed E-state index contributed by atoms with van der Waals surface area (Å²) in [6, 6.07) is 4.77. The average Bonchev–Trinajstić information content (AvgIpc) is 2.27. The normalized spacial score (nSPS) is 10.4.